The van der Waals surface area contributed by atoms with Gasteiger partial charge in [-0.1, -0.05) is 29.3 Å². The fourth-order valence-corrected chi connectivity index (χ4v) is 2.30. The van der Waals surface area contributed by atoms with Crippen LogP contribution >= 0.6 is 23.2 Å². The summed E-state index contributed by atoms with van der Waals surface area (Å²) in [4.78, 5) is 11.0. The number of ether oxygens (including phenoxy) is 2. The van der Waals surface area contributed by atoms with E-state index in [9.17, 15) is 4.79 Å². The molecule has 2 aromatic rings. The summed E-state index contributed by atoms with van der Waals surface area (Å²) in [6.07, 6.45) is 0. The zero-order chi connectivity index (χ0) is 15.4. The zero-order valence-electron chi connectivity index (χ0n) is 11.1. The third kappa shape index (κ3) is 3.60. The second-order valence-electron chi connectivity index (χ2n) is 4.17. The van der Waals surface area contributed by atoms with Gasteiger partial charge in [-0.2, -0.15) is 0 Å². The number of methoxy groups -OCH3 is 1. The third-order valence-corrected chi connectivity index (χ3v) is 3.41. The number of rotatable bonds is 5. The molecule has 2 aromatic carbocycles. The number of carbonyl (C=O) groups is 1. The van der Waals surface area contributed by atoms with Crippen LogP contribution in [0.2, 0.25) is 10.0 Å². The monoisotopic (exact) mass is 326 g/mol. The van der Waals surface area contributed by atoms with Crippen LogP contribution in [0.25, 0.3) is 0 Å². The molecule has 0 amide bonds. The molecule has 0 heterocycles. The van der Waals surface area contributed by atoms with Gasteiger partial charge in [0, 0.05) is 5.56 Å². The predicted octanol–water partition coefficient (Wildman–Crippen LogP) is 4.28. The number of halogens is 2. The van der Waals surface area contributed by atoms with Crippen molar-refractivity contribution in [1.29, 1.82) is 0 Å². The number of carboxylic acids is 1. The Morgan fingerprint density at radius 2 is 1.86 bits per heavy atom. The minimum absolute atomic E-state index is 0.0910. The van der Waals surface area contributed by atoms with Gasteiger partial charge in [-0.3, -0.25) is 0 Å². The topological polar surface area (TPSA) is 55.8 Å². The second kappa shape index (κ2) is 6.70. The molecule has 0 saturated carbocycles. The number of aromatic carboxylic acids is 1. The molecule has 6 heteroatoms. The quantitative estimate of drug-likeness (QED) is 0.890. The molecule has 0 radical (unpaired) electrons. The third-order valence-electron chi connectivity index (χ3n) is 2.82. The van der Waals surface area contributed by atoms with Gasteiger partial charge in [0.05, 0.1) is 22.7 Å². The van der Waals surface area contributed by atoms with E-state index < -0.39 is 5.97 Å². The number of hydrogen-bond acceptors (Lipinski definition) is 3. The van der Waals surface area contributed by atoms with E-state index in [0.29, 0.717) is 27.1 Å². The Bertz CT molecular complexity index is 650. The van der Waals surface area contributed by atoms with Gasteiger partial charge in [0.1, 0.15) is 12.4 Å². The highest BCUT2D eigenvalue weighted by molar-refractivity contribution is 6.37. The van der Waals surface area contributed by atoms with E-state index in [1.165, 1.54) is 19.2 Å². The molecule has 0 atom stereocenters. The lowest BCUT2D eigenvalue weighted by Crippen LogP contribution is -2.03. The first-order valence-electron chi connectivity index (χ1n) is 6.00. The van der Waals surface area contributed by atoms with Gasteiger partial charge in [0.2, 0.25) is 0 Å². The minimum Gasteiger partial charge on any atom is -0.496 e. The molecule has 0 aliphatic heterocycles. The smallest absolute Gasteiger partial charge is 0.335 e. The second-order valence-corrected chi connectivity index (χ2v) is 4.99. The summed E-state index contributed by atoms with van der Waals surface area (Å²) in [7, 11) is 1.50. The van der Waals surface area contributed by atoms with Gasteiger partial charge in [-0.05, 0) is 30.3 Å². The van der Waals surface area contributed by atoms with Crippen molar-refractivity contribution >= 4 is 29.2 Å². The molecule has 0 bridgehead atoms. The summed E-state index contributed by atoms with van der Waals surface area (Å²) in [6, 6.07) is 9.57. The Kier molecular flexibility index (Phi) is 4.94. The summed E-state index contributed by atoms with van der Waals surface area (Å²) >= 11 is 12.0. The first kappa shape index (κ1) is 15.5. The van der Waals surface area contributed by atoms with Crippen molar-refractivity contribution in [2.45, 2.75) is 6.61 Å². The van der Waals surface area contributed by atoms with Gasteiger partial charge in [-0.25, -0.2) is 4.79 Å². The average molecular weight is 327 g/mol. The number of hydrogen-bond donors (Lipinski definition) is 1. The largest absolute Gasteiger partial charge is 0.496 e. The van der Waals surface area contributed by atoms with E-state index in [0.717, 1.165) is 0 Å². The van der Waals surface area contributed by atoms with Crippen molar-refractivity contribution < 1.29 is 19.4 Å². The van der Waals surface area contributed by atoms with Crippen molar-refractivity contribution in [3.8, 4) is 11.5 Å². The Morgan fingerprint density at radius 3 is 2.43 bits per heavy atom. The van der Waals surface area contributed by atoms with Crippen molar-refractivity contribution in [3.05, 3.63) is 57.6 Å². The van der Waals surface area contributed by atoms with E-state index in [1.807, 2.05) is 0 Å². The van der Waals surface area contributed by atoms with Gasteiger partial charge >= 0.3 is 5.97 Å². The summed E-state index contributed by atoms with van der Waals surface area (Å²) in [5.74, 6) is -0.138. The average Bonchev–Trinajstić information content (AvgIpc) is 2.46. The van der Waals surface area contributed by atoms with E-state index in [1.54, 1.807) is 24.3 Å². The Labute approximate surface area is 131 Å². The molecule has 0 aliphatic carbocycles. The molecule has 0 aromatic heterocycles. The Morgan fingerprint density at radius 1 is 1.19 bits per heavy atom. The summed E-state index contributed by atoms with van der Waals surface area (Å²) < 4.78 is 10.8. The van der Waals surface area contributed by atoms with Crippen LogP contribution < -0.4 is 9.47 Å². The van der Waals surface area contributed by atoms with Crippen LogP contribution in [0.4, 0.5) is 0 Å². The van der Waals surface area contributed by atoms with Crippen molar-refractivity contribution in [2.24, 2.45) is 0 Å². The standard InChI is InChI=1S/C15H12Cl2O4/c1-20-13-6-5-9(15(18)19)7-10(13)8-21-14-11(16)3-2-4-12(14)17/h2-7H,8H2,1H3,(H,18,19). The molecule has 0 unspecified atom stereocenters. The number of carboxylic acid groups (broad SMARTS) is 1. The zero-order valence-corrected chi connectivity index (χ0v) is 12.6. The lowest BCUT2D eigenvalue weighted by Gasteiger charge is -2.13. The maximum Gasteiger partial charge on any atom is 0.335 e. The maximum atomic E-state index is 11.0. The number of para-hydroxylation sites is 1. The van der Waals surface area contributed by atoms with Crippen LogP contribution in [0.5, 0.6) is 11.5 Å². The molecule has 0 spiro atoms. The lowest BCUT2D eigenvalue weighted by molar-refractivity contribution is 0.0696. The van der Waals surface area contributed by atoms with E-state index in [4.69, 9.17) is 37.8 Å². The summed E-state index contributed by atoms with van der Waals surface area (Å²) in [5.41, 5.74) is 0.744. The molecule has 0 fully saturated rings. The molecule has 21 heavy (non-hydrogen) atoms. The van der Waals surface area contributed by atoms with Crippen LogP contribution in [0.15, 0.2) is 36.4 Å². The SMILES string of the molecule is COc1ccc(C(=O)O)cc1COc1c(Cl)cccc1Cl. The van der Waals surface area contributed by atoms with Crippen LogP contribution in [-0.2, 0) is 6.61 Å². The normalized spacial score (nSPS) is 10.2. The van der Waals surface area contributed by atoms with E-state index in [-0.39, 0.29) is 12.2 Å². The van der Waals surface area contributed by atoms with Gasteiger partial charge in [0.15, 0.2) is 5.75 Å². The highest BCUT2D eigenvalue weighted by Gasteiger charge is 2.12. The highest BCUT2D eigenvalue weighted by atomic mass is 35.5. The maximum absolute atomic E-state index is 11.0. The Balaban J connectivity index is 2.26. The van der Waals surface area contributed by atoms with Crippen molar-refractivity contribution in [3.63, 3.8) is 0 Å². The van der Waals surface area contributed by atoms with Crippen LogP contribution in [0.1, 0.15) is 15.9 Å². The van der Waals surface area contributed by atoms with Gasteiger partial charge < -0.3 is 14.6 Å². The van der Waals surface area contributed by atoms with Crippen LogP contribution in [0, 0.1) is 0 Å². The molecule has 4 nitrogen and oxygen atoms in total. The van der Waals surface area contributed by atoms with Crippen LogP contribution in [0.3, 0.4) is 0 Å². The molecular weight excluding hydrogens is 315 g/mol. The fraction of sp³-hybridized carbons (Fsp3) is 0.133. The van der Waals surface area contributed by atoms with E-state index >= 15 is 0 Å². The molecule has 110 valence electrons. The Hall–Kier alpha value is -1.91. The van der Waals surface area contributed by atoms with Crippen LogP contribution in [-0.4, -0.2) is 18.2 Å². The summed E-state index contributed by atoms with van der Waals surface area (Å²) in [6.45, 7) is 0.0910. The molecule has 0 aliphatic rings. The van der Waals surface area contributed by atoms with Gasteiger partial charge in [-0.15, -0.1) is 0 Å². The predicted molar refractivity (Wildman–Crippen MR) is 80.7 cm³/mol. The molecule has 1 N–H and O–H groups in total. The molecular formula is C15H12Cl2O4. The van der Waals surface area contributed by atoms with E-state index in [2.05, 4.69) is 0 Å². The minimum atomic E-state index is -1.02. The first-order chi connectivity index (χ1) is 10.0. The van der Waals surface area contributed by atoms with Crippen molar-refractivity contribution in [1.82, 2.24) is 0 Å². The molecule has 0 saturated heterocycles. The number of benzene rings is 2. The molecule has 2 rings (SSSR count). The van der Waals surface area contributed by atoms with Gasteiger partial charge in [0.25, 0.3) is 0 Å². The fourth-order valence-electron chi connectivity index (χ4n) is 1.79. The summed E-state index contributed by atoms with van der Waals surface area (Å²) in [5, 5.41) is 9.79. The van der Waals surface area contributed by atoms with Crippen molar-refractivity contribution in [2.75, 3.05) is 7.11 Å². The lowest BCUT2D eigenvalue weighted by atomic mass is 10.1. The first-order valence-corrected chi connectivity index (χ1v) is 6.75. The highest BCUT2D eigenvalue weighted by Crippen LogP contribution is 2.33.